The molecule has 2 nitrogen and oxygen atoms in total. The van der Waals surface area contributed by atoms with Gasteiger partial charge in [0.15, 0.2) is 5.76 Å². The highest BCUT2D eigenvalue weighted by molar-refractivity contribution is 6.32. The van der Waals surface area contributed by atoms with E-state index >= 15 is 0 Å². The highest BCUT2D eigenvalue weighted by atomic mass is 35.5. The van der Waals surface area contributed by atoms with Crippen LogP contribution in [-0.2, 0) is 0 Å². The fourth-order valence-electron chi connectivity index (χ4n) is 1.87. The van der Waals surface area contributed by atoms with Crippen molar-refractivity contribution in [2.45, 2.75) is 0 Å². The van der Waals surface area contributed by atoms with E-state index < -0.39 is 0 Å². The van der Waals surface area contributed by atoms with Gasteiger partial charge in [0, 0.05) is 16.7 Å². The number of rotatable bonds is 3. The number of nitrogens with zero attached hydrogens (tertiary/aromatic N) is 1. The standard InChI is InChI=1S/C17H12ClNO/c18-15-9-5-4-6-13(15)10-11-17-19-12-16(20-17)14-7-2-1-3-8-14/h1-12H/b11-10-. The Morgan fingerprint density at radius 2 is 1.65 bits per heavy atom. The zero-order chi connectivity index (χ0) is 13.8. The summed E-state index contributed by atoms with van der Waals surface area (Å²) in [7, 11) is 0. The van der Waals surface area contributed by atoms with Crippen LogP contribution in [0.25, 0.3) is 23.5 Å². The predicted molar refractivity (Wildman–Crippen MR) is 82.3 cm³/mol. The van der Waals surface area contributed by atoms with Gasteiger partial charge >= 0.3 is 0 Å². The molecule has 0 saturated carbocycles. The molecule has 3 aromatic rings. The first kappa shape index (κ1) is 12.7. The third-order valence-electron chi connectivity index (χ3n) is 2.89. The van der Waals surface area contributed by atoms with E-state index in [1.54, 1.807) is 6.20 Å². The number of oxazole rings is 1. The summed E-state index contributed by atoms with van der Waals surface area (Å²) in [5.74, 6) is 1.31. The molecule has 0 aliphatic rings. The van der Waals surface area contributed by atoms with Crippen molar-refractivity contribution in [3.63, 3.8) is 0 Å². The van der Waals surface area contributed by atoms with Crippen molar-refractivity contribution in [1.82, 2.24) is 4.98 Å². The summed E-state index contributed by atoms with van der Waals surface area (Å²) in [6.07, 6.45) is 5.43. The molecule has 0 bridgehead atoms. The van der Waals surface area contributed by atoms with Crippen LogP contribution in [0.1, 0.15) is 11.5 Å². The molecule has 2 aromatic carbocycles. The maximum Gasteiger partial charge on any atom is 0.219 e. The average molecular weight is 282 g/mol. The van der Waals surface area contributed by atoms with Gasteiger partial charge in [-0.05, 0) is 17.7 Å². The predicted octanol–water partition coefficient (Wildman–Crippen LogP) is 5.17. The molecule has 0 atom stereocenters. The van der Waals surface area contributed by atoms with Gasteiger partial charge in [-0.1, -0.05) is 60.1 Å². The lowest BCUT2D eigenvalue weighted by Gasteiger charge is -1.95. The summed E-state index contributed by atoms with van der Waals surface area (Å²) in [5, 5.41) is 0.707. The highest BCUT2D eigenvalue weighted by Crippen LogP contribution is 2.22. The maximum atomic E-state index is 6.09. The lowest BCUT2D eigenvalue weighted by molar-refractivity contribution is 0.560. The van der Waals surface area contributed by atoms with Gasteiger partial charge in [0.1, 0.15) is 0 Å². The van der Waals surface area contributed by atoms with E-state index in [0.29, 0.717) is 10.9 Å². The molecule has 1 aromatic heterocycles. The summed E-state index contributed by atoms with van der Waals surface area (Å²) < 4.78 is 5.69. The molecule has 0 fully saturated rings. The number of aromatic nitrogens is 1. The second-order valence-corrected chi connectivity index (χ2v) is 4.69. The van der Waals surface area contributed by atoms with Gasteiger partial charge in [-0.2, -0.15) is 0 Å². The van der Waals surface area contributed by atoms with Gasteiger partial charge < -0.3 is 4.42 Å². The van der Waals surface area contributed by atoms with Crippen molar-refractivity contribution in [2.75, 3.05) is 0 Å². The lowest BCUT2D eigenvalue weighted by atomic mass is 10.2. The molecular weight excluding hydrogens is 270 g/mol. The lowest BCUT2D eigenvalue weighted by Crippen LogP contribution is -1.73. The van der Waals surface area contributed by atoms with Gasteiger partial charge in [-0.25, -0.2) is 4.98 Å². The molecule has 0 amide bonds. The molecule has 3 heteroatoms. The van der Waals surface area contributed by atoms with Crippen molar-refractivity contribution in [1.29, 1.82) is 0 Å². The van der Waals surface area contributed by atoms with Gasteiger partial charge in [-0.3, -0.25) is 0 Å². The minimum atomic E-state index is 0.559. The fraction of sp³-hybridized carbons (Fsp3) is 0. The summed E-state index contributed by atoms with van der Waals surface area (Å²) in [5.41, 5.74) is 1.95. The van der Waals surface area contributed by atoms with Crippen molar-refractivity contribution in [2.24, 2.45) is 0 Å². The molecular formula is C17H12ClNO. The Hall–Kier alpha value is -2.32. The van der Waals surface area contributed by atoms with Crippen molar-refractivity contribution < 1.29 is 4.42 Å². The Morgan fingerprint density at radius 3 is 2.45 bits per heavy atom. The van der Waals surface area contributed by atoms with Gasteiger partial charge in [0.25, 0.3) is 0 Å². The van der Waals surface area contributed by atoms with E-state index in [-0.39, 0.29) is 0 Å². The Morgan fingerprint density at radius 1 is 0.900 bits per heavy atom. The molecule has 1 heterocycles. The molecule has 0 radical (unpaired) electrons. The number of benzene rings is 2. The van der Waals surface area contributed by atoms with Crippen LogP contribution in [0.3, 0.4) is 0 Å². The van der Waals surface area contributed by atoms with E-state index in [1.807, 2.05) is 66.7 Å². The number of hydrogen-bond acceptors (Lipinski definition) is 2. The highest BCUT2D eigenvalue weighted by Gasteiger charge is 2.03. The largest absolute Gasteiger partial charge is 0.437 e. The van der Waals surface area contributed by atoms with Gasteiger partial charge in [0.05, 0.1) is 6.20 Å². The molecule has 0 saturated heterocycles. The summed E-state index contributed by atoms with van der Waals surface area (Å²) in [6.45, 7) is 0. The maximum absolute atomic E-state index is 6.09. The average Bonchev–Trinajstić information content (AvgIpc) is 2.96. The van der Waals surface area contributed by atoms with Crippen LogP contribution in [0.2, 0.25) is 5.02 Å². The zero-order valence-electron chi connectivity index (χ0n) is 10.7. The second-order valence-electron chi connectivity index (χ2n) is 4.28. The Kier molecular flexibility index (Phi) is 3.66. The molecule has 0 aliphatic carbocycles. The fourth-order valence-corrected chi connectivity index (χ4v) is 2.07. The van der Waals surface area contributed by atoms with Crippen LogP contribution >= 0.6 is 11.6 Å². The first-order valence-electron chi connectivity index (χ1n) is 6.27. The van der Waals surface area contributed by atoms with Crippen LogP contribution in [0.15, 0.2) is 65.2 Å². The van der Waals surface area contributed by atoms with Crippen LogP contribution in [-0.4, -0.2) is 4.98 Å². The summed E-state index contributed by atoms with van der Waals surface area (Å²) in [4.78, 5) is 4.24. The quantitative estimate of drug-likeness (QED) is 0.662. The molecule has 0 unspecified atom stereocenters. The first-order chi connectivity index (χ1) is 9.83. The van der Waals surface area contributed by atoms with E-state index in [9.17, 15) is 0 Å². The minimum absolute atomic E-state index is 0.559. The zero-order valence-corrected chi connectivity index (χ0v) is 11.4. The Labute approximate surface area is 122 Å². The molecule has 3 rings (SSSR count). The Balaban J connectivity index is 1.83. The van der Waals surface area contributed by atoms with Crippen molar-refractivity contribution >= 4 is 23.8 Å². The third kappa shape index (κ3) is 2.81. The first-order valence-corrected chi connectivity index (χ1v) is 6.64. The molecule has 0 spiro atoms. The summed E-state index contributed by atoms with van der Waals surface area (Å²) in [6, 6.07) is 17.5. The van der Waals surface area contributed by atoms with E-state index in [0.717, 1.165) is 16.9 Å². The van der Waals surface area contributed by atoms with Crippen molar-refractivity contribution in [3.05, 3.63) is 77.3 Å². The SMILES string of the molecule is Clc1ccccc1/C=C\c1ncc(-c2ccccc2)o1. The number of halogens is 1. The Bertz CT molecular complexity index is 732. The van der Waals surface area contributed by atoms with Crippen LogP contribution < -0.4 is 0 Å². The number of hydrogen-bond donors (Lipinski definition) is 0. The molecule has 98 valence electrons. The van der Waals surface area contributed by atoms with E-state index in [2.05, 4.69) is 4.98 Å². The topological polar surface area (TPSA) is 26.0 Å². The van der Waals surface area contributed by atoms with Crippen LogP contribution in [0.4, 0.5) is 0 Å². The normalized spacial score (nSPS) is 11.1. The van der Waals surface area contributed by atoms with Crippen LogP contribution in [0.5, 0.6) is 0 Å². The van der Waals surface area contributed by atoms with E-state index in [4.69, 9.17) is 16.0 Å². The van der Waals surface area contributed by atoms with E-state index in [1.165, 1.54) is 0 Å². The monoisotopic (exact) mass is 281 g/mol. The summed E-state index contributed by atoms with van der Waals surface area (Å²) >= 11 is 6.09. The third-order valence-corrected chi connectivity index (χ3v) is 3.24. The van der Waals surface area contributed by atoms with Crippen molar-refractivity contribution in [3.8, 4) is 11.3 Å². The molecule has 0 N–H and O–H groups in total. The van der Waals surface area contributed by atoms with Gasteiger partial charge in [-0.15, -0.1) is 0 Å². The molecule has 0 aliphatic heterocycles. The van der Waals surface area contributed by atoms with Gasteiger partial charge in [0.2, 0.25) is 5.89 Å². The van der Waals surface area contributed by atoms with Crippen LogP contribution in [0, 0.1) is 0 Å². The minimum Gasteiger partial charge on any atom is -0.437 e. The molecule has 20 heavy (non-hydrogen) atoms. The smallest absolute Gasteiger partial charge is 0.219 e. The second kappa shape index (κ2) is 5.76.